The van der Waals surface area contributed by atoms with Gasteiger partial charge in [0.05, 0.1) is 5.52 Å². The summed E-state index contributed by atoms with van der Waals surface area (Å²) >= 11 is 0. The zero-order chi connectivity index (χ0) is 13.2. The monoisotopic (exact) mass is 256 g/mol. The highest BCUT2D eigenvalue weighted by atomic mass is 16.1. The van der Waals surface area contributed by atoms with E-state index in [0.717, 1.165) is 23.3 Å². The molecule has 98 valence electrons. The lowest BCUT2D eigenvalue weighted by atomic mass is 10.1. The zero-order valence-corrected chi connectivity index (χ0v) is 10.8. The molecule has 2 heterocycles. The topological polar surface area (TPSA) is 58.1 Å². The fourth-order valence-corrected chi connectivity index (χ4v) is 2.52. The standard InChI is InChI=1S/C14H16N4O/c1-10-8-13(19)15-6-7-18(10)14-11-4-2-3-5-12(11)16-9-17-14/h2-5,9-10H,6-8H2,1H3,(H,15,19). The van der Waals surface area contributed by atoms with Crippen LogP contribution in [0.4, 0.5) is 5.82 Å². The second kappa shape index (κ2) is 4.84. The van der Waals surface area contributed by atoms with E-state index in [0.29, 0.717) is 13.0 Å². The van der Waals surface area contributed by atoms with Crippen LogP contribution in [-0.4, -0.2) is 35.0 Å². The minimum absolute atomic E-state index is 0.105. The fraction of sp³-hybridized carbons (Fsp3) is 0.357. The summed E-state index contributed by atoms with van der Waals surface area (Å²) in [5.41, 5.74) is 0.934. The highest BCUT2D eigenvalue weighted by Crippen LogP contribution is 2.25. The summed E-state index contributed by atoms with van der Waals surface area (Å²) in [4.78, 5) is 22.4. The van der Waals surface area contributed by atoms with Crippen LogP contribution in [0, 0.1) is 0 Å². The van der Waals surface area contributed by atoms with Crippen molar-refractivity contribution in [2.24, 2.45) is 0 Å². The molecule has 1 fully saturated rings. The van der Waals surface area contributed by atoms with E-state index in [9.17, 15) is 4.79 Å². The molecule has 0 bridgehead atoms. The smallest absolute Gasteiger partial charge is 0.222 e. The molecule has 1 N–H and O–H groups in total. The Morgan fingerprint density at radius 3 is 3.05 bits per heavy atom. The molecule has 1 saturated heterocycles. The first-order chi connectivity index (χ1) is 9.25. The number of hydrogen-bond acceptors (Lipinski definition) is 4. The van der Waals surface area contributed by atoms with Gasteiger partial charge in [0.1, 0.15) is 12.1 Å². The Labute approximate surface area is 111 Å². The van der Waals surface area contributed by atoms with Crippen molar-refractivity contribution in [2.45, 2.75) is 19.4 Å². The van der Waals surface area contributed by atoms with Gasteiger partial charge in [-0.05, 0) is 19.1 Å². The fourth-order valence-electron chi connectivity index (χ4n) is 2.52. The first-order valence-electron chi connectivity index (χ1n) is 6.49. The zero-order valence-electron chi connectivity index (χ0n) is 10.8. The van der Waals surface area contributed by atoms with Crippen molar-refractivity contribution in [1.29, 1.82) is 0 Å². The quantitative estimate of drug-likeness (QED) is 0.836. The lowest BCUT2D eigenvalue weighted by molar-refractivity contribution is -0.120. The van der Waals surface area contributed by atoms with E-state index in [1.54, 1.807) is 6.33 Å². The van der Waals surface area contributed by atoms with E-state index in [4.69, 9.17) is 0 Å². The summed E-state index contributed by atoms with van der Waals surface area (Å²) in [5.74, 6) is 1.02. The number of carbonyl (C=O) groups is 1. The van der Waals surface area contributed by atoms with E-state index < -0.39 is 0 Å². The van der Waals surface area contributed by atoms with Gasteiger partial charge in [-0.15, -0.1) is 0 Å². The average molecular weight is 256 g/mol. The molecule has 3 rings (SSSR count). The van der Waals surface area contributed by atoms with Crippen LogP contribution in [0.15, 0.2) is 30.6 Å². The van der Waals surface area contributed by atoms with Gasteiger partial charge in [-0.25, -0.2) is 9.97 Å². The minimum Gasteiger partial charge on any atom is -0.354 e. The highest BCUT2D eigenvalue weighted by Gasteiger charge is 2.23. The van der Waals surface area contributed by atoms with Gasteiger partial charge < -0.3 is 10.2 Å². The largest absolute Gasteiger partial charge is 0.354 e. The van der Waals surface area contributed by atoms with Crippen LogP contribution >= 0.6 is 0 Å². The SMILES string of the molecule is CC1CC(=O)NCCN1c1ncnc2ccccc12. The maximum Gasteiger partial charge on any atom is 0.222 e. The summed E-state index contributed by atoms with van der Waals surface area (Å²) in [7, 11) is 0. The lowest BCUT2D eigenvalue weighted by Crippen LogP contribution is -2.35. The van der Waals surface area contributed by atoms with Crippen molar-refractivity contribution in [2.75, 3.05) is 18.0 Å². The number of rotatable bonds is 1. The van der Waals surface area contributed by atoms with Crippen molar-refractivity contribution < 1.29 is 4.79 Å². The molecule has 1 amide bonds. The van der Waals surface area contributed by atoms with Gasteiger partial charge in [-0.3, -0.25) is 4.79 Å². The normalized spacial score (nSPS) is 20.2. The van der Waals surface area contributed by atoms with Crippen LogP contribution in [-0.2, 0) is 4.79 Å². The van der Waals surface area contributed by atoms with Gasteiger partial charge in [0.25, 0.3) is 0 Å². The first-order valence-corrected chi connectivity index (χ1v) is 6.49. The molecule has 0 aliphatic carbocycles. The van der Waals surface area contributed by atoms with Crippen molar-refractivity contribution >= 4 is 22.6 Å². The first kappa shape index (κ1) is 11.9. The molecule has 19 heavy (non-hydrogen) atoms. The predicted octanol–water partition coefficient (Wildman–Crippen LogP) is 1.34. The molecule has 1 aliphatic heterocycles. The second-order valence-corrected chi connectivity index (χ2v) is 4.81. The number of anilines is 1. The molecule has 0 spiro atoms. The molecule has 0 saturated carbocycles. The number of nitrogens with one attached hydrogen (secondary N) is 1. The number of aromatic nitrogens is 2. The van der Waals surface area contributed by atoms with Crippen LogP contribution in [0.3, 0.4) is 0 Å². The van der Waals surface area contributed by atoms with Crippen LogP contribution in [0.1, 0.15) is 13.3 Å². The van der Waals surface area contributed by atoms with Gasteiger partial charge in [0.15, 0.2) is 0 Å². The molecule has 1 aromatic carbocycles. The predicted molar refractivity (Wildman–Crippen MR) is 74.0 cm³/mol. The van der Waals surface area contributed by atoms with Crippen molar-refractivity contribution in [3.05, 3.63) is 30.6 Å². The Morgan fingerprint density at radius 1 is 1.32 bits per heavy atom. The Kier molecular flexibility index (Phi) is 3.03. The van der Waals surface area contributed by atoms with E-state index in [1.807, 2.05) is 24.3 Å². The highest BCUT2D eigenvalue weighted by molar-refractivity contribution is 5.89. The van der Waals surface area contributed by atoms with Crippen LogP contribution in [0.25, 0.3) is 10.9 Å². The van der Waals surface area contributed by atoms with E-state index in [1.165, 1.54) is 0 Å². The van der Waals surface area contributed by atoms with E-state index in [-0.39, 0.29) is 11.9 Å². The molecule has 1 aliphatic rings. The second-order valence-electron chi connectivity index (χ2n) is 4.81. The van der Waals surface area contributed by atoms with Gasteiger partial charge in [0.2, 0.25) is 5.91 Å². The van der Waals surface area contributed by atoms with Gasteiger partial charge >= 0.3 is 0 Å². The van der Waals surface area contributed by atoms with Crippen LogP contribution in [0.2, 0.25) is 0 Å². The third-order valence-electron chi connectivity index (χ3n) is 3.48. The van der Waals surface area contributed by atoms with Gasteiger partial charge in [-0.1, -0.05) is 12.1 Å². The molecular weight excluding hydrogens is 240 g/mol. The molecule has 1 atom stereocenters. The lowest BCUT2D eigenvalue weighted by Gasteiger charge is -2.28. The molecule has 1 unspecified atom stereocenters. The molecular formula is C14H16N4O. The van der Waals surface area contributed by atoms with E-state index in [2.05, 4.69) is 27.1 Å². The summed E-state index contributed by atoms with van der Waals surface area (Å²) in [5, 5.41) is 3.93. The average Bonchev–Trinajstić information content (AvgIpc) is 2.59. The maximum absolute atomic E-state index is 11.6. The summed E-state index contributed by atoms with van der Waals surface area (Å²) in [6.07, 6.45) is 2.09. The molecule has 0 radical (unpaired) electrons. The van der Waals surface area contributed by atoms with Crippen molar-refractivity contribution in [3.8, 4) is 0 Å². The van der Waals surface area contributed by atoms with E-state index >= 15 is 0 Å². The third-order valence-corrected chi connectivity index (χ3v) is 3.48. The Morgan fingerprint density at radius 2 is 2.16 bits per heavy atom. The van der Waals surface area contributed by atoms with Crippen LogP contribution < -0.4 is 10.2 Å². The number of hydrogen-bond donors (Lipinski definition) is 1. The van der Waals surface area contributed by atoms with Crippen LogP contribution in [0.5, 0.6) is 0 Å². The molecule has 5 heteroatoms. The summed E-state index contributed by atoms with van der Waals surface area (Å²) in [6, 6.07) is 8.10. The van der Waals surface area contributed by atoms with Gasteiger partial charge in [0, 0.05) is 30.9 Å². The maximum atomic E-state index is 11.6. The Balaban J connectivity index is 2.05. The third kappa shape index (κ3) is 2.23. The number of amides is 1. The van der Waals surface area contributed by atoms with Crippen molar-refractivity contribution in [3.63, 3.8) is 0 Å². The Bertz CT molecular complexity index is 608. The minimum atomic E-state index is 0.105. The summed E-state index contributed by atoms with van der Waals surface area (Å²) in [6.45, 7) is 3.48. The number of para-hydroxylation sites is 1. The number of nitrogens with zero attached hydrogens (tertiary/aromatic N) is 3. The van der Waals surface area contributed by atoms with Gasteiger partial charge in [-0.2, -0.15) is 0 Å². The number of benzene rings is 1. The Hall–Kier alpha value is -2.17. The molecule has 1 aromatic heterocycles. The molecule has 2 aromatic rings. The van der Waals surface area contributed by atoms with Crippen molar-refractivity contribution in [1.82, 2.24) is 15.3 Å². The summed E-state index contributed by atoms with van der Waals surface area (Å²) < 4.78 is 0. The number of fused-ring (bicyclic) bond motifs is 1. The number of carbonyl (C=O) groups excluding carboxylic acids is 1. The molecule has 5 nitrogen and oxygen atoms in total.